The largest absolute Gasteiger partial charge is 0.339 e. The van der Waals surface area contributed by atoms with Crippen molar-refractivity contribution in [2.75, 3.05) is 42.5 Å². The summed E-state index contributed by atoms with van der Waals surface area (Å²) in [6.45, 7) is 3.03. The lowest BCUT2D eigenvalue weighted by molar-refractivity contribution is -0.136. The standard InChI is InChI=1S/C18H19N7O2S/c26-15-9-12(10-25(15)18-21-13-3-1-2-4-14(13)28-18)16(27)23-5-7-24(8-6-23)17-19-11-20-22-17/h1-4,11-12H,5-10H2,(H,19,20,22). The molecule has 2 aliphatic rings. The van der Waals surface area contributed by atoms with Crippen LogP contribution in [0.4, 0.5) is 11.1 Å². The fraction of sp³-hybridized carbons (Fsp3) is 0.389. The van der Waals surface area contributed by atoms with Crippen molar-refractivity contribution in [3.8, 4) is 0 Å². The van der Waals surface area contributed by atoms with Gasteiger partial charge in [0, 0.05) is 39.1 Å². The molecule has 0 radical (unpaired) electrons. The van der Waals surface area contributed by atoms with Gasteiger partial charge in [0.2, 0.25) is 17.8 Å². The van der Waals surface area contributed by atoms with E-state index in [4.69, 9.17) is 0 Å². The Morgan fingerprint density at radius 1 is 1.18 bits per heavy atom. The van der Waals surface area contributed by atoms with E-state index in [1.54, 1.807) is 4.90 Å². The third kappa shape index (κ3) is 2.99. The molecular weight excluding hydrogens is 378 g/mol. The molecule has 0 spiro atoms. The number of aromatic nitrogens is 4. The Morgan fingerprint density at radius 3 is 2.75 bits per heavy atom. The second-order valence-electron chi connectivity index (χ2n) is 6.99. The molecule has 4 heterocycles. The summed E-state index contributed by atoms with van der Waals surface area (Å²) in [7, 11) is 0. The molecule has 9 nitrogen and oxygen atoms in total. The van der Waals surface area contributed by atoms with Gasteiger partial charge in [-0.1, -0.05) is 23.5 Å². The van der Waals surface area contributed by atoms with Crippen LogP contribution in [0.1, 0.15) is 6.42 Å². The Morgan fingerprint density at radius 2 is 2.00 bits per heavy atom. The van der Waals surface area contributed by atoms with Gasteiger partial charge in [-0.3, -0.25) is 14.5 Å². The zero-order valence-corrected chi connectivity index (χ0v) is 15.9. The molecule has 2 aromatic heterocycles. The number of aromatic amines is 1. The molecule has 2 fully saturated rings. The van der Waals surface area contributed by atoms with Crippen molar-refractivity contribution in [2.45, 2.75) is 6.42 Å². The number of nitrogens with zero attached hydrogens (tertiary/aromatic N) is 6. The molecule has 3 aromatic rings. The molecular formula is C18H19N7O2S. The number of amides is 2. The average Bonchev–Trinajstić information content (AvgIpc) is 3.46. The minimum atomic E-state index is -0.309. The second-order valence-corrected chi connectivity index (χ2v) is 8.00. The van der Waals surface area contributed by atoms with Gasteiger partial charge in [-0.05, 0) is 12.1 Å². The van der Waals surface area contributed by atoms with Crippen molar-refractivity contribution >= 4 is 44.4 Å². The summed E-state index contributed by atoms with van der Waals surface area (Å²) in [5.74, 6) is 0.438. The predicted molar refractivity (Wildman–Crippen MR) is 105 cm³/mol. The molecule has 2 saturated heterocycles. The number of carbonyl (C=O) groups is 2. The summed E-state index contributed by atoms with van der Waals surface area (Å²) >= 11 is 1.49. The molecule has 1 unspecified atom stereocenters. The topological polar surface area (TPSA) is 98.3 Å². The number of piperazine rings is 1. The van der Waals surface area contributed by atoms with Gasteiger partial charge in [0.15, 0.2) is 5.13 Å². The van der Waals surface area contributed by atoms with E-state index >= 15 is 0 Å². The summed E-state index contributed by atoms with van der Waals surface area (Å²) in [4.78, 5) is 39.8. The number of hydrogen-bond acceptors (Lipinski definition) is 7. The maximum absolute atomic E-state index is 13.0. The number of rotatable bonds is 3. The summed E-state index contributed by atoms with van der Waals surface area (Å²) in [6, 6.07) is 7.82. The van der Waals surface area contributed by atoms with E-state index in [-0.39, 0.29) is 24.2 Å². The van der Waals surface area contributed by atoms with Gasteiger partial charge in [-0.25, -0.2) is 10.1 Å². The van der Waals surface area contributed by atoms with Crippen LogP contribution in [-0.2, 0) is 9.59 Å². The summed E-state index contributed by atoms with van der Waals surface area (Å²) in [5.41, 5.74) is 0.883. The molecule has 5 rings (SSSR count). The summed E-state index contributed by atoms with van der Waals surface area (Å²) < 4.78 is 1.05. The summed E-state index contributed by atoms with van der Waals surface area (Å²) in [5, 5.41) is 7.40. The van der Waals surface area contributed by atoms with E-state index in [0.29, 0.717) is 37.9 Å². The normalized spacial score (nSPS) is 20.4. The molecule has 0 saturated carbocycles. The first kappa shape index (κ1) is 17.1. The van der Waals surface area contributed by atoms with Crippen molar-refractivity contribution in [2.24, 2.45) is 5.92 Å². The van der Waals surface area contributed by atoms with Crippen LogP contribution in [0.15, 0.2) is 30.6 Å². The smallest absolute Gasteiger partial charge is 0.229 e. The van der Waals surface area contributed by atoms with Crippen LogP contribution in [0.25, 0.3) is 10.2 Å². The van der Waals surface area contributed by atoms with Gasteiger partial charge >= 0.3 is 0 Å². The highest BCUT2D eigenvalue weighted by atomic mass is 32.1. The first-order chi connectivity index (χ1) is 13.7. The Bertz CT molecular complexity index is 977. The van der Waals surface area contributed by atoms with E-state index in [0.717, 1.165) is 16.2 Å². The SMILES string of the molecule is O=C(C1CC(=O)N(c2nc3ccccc3s2)C1)N1CCN(c2ncn[nH]2)CC1. The minimum Gasteiger partial charge on any atom is -0.339 e. The molecule has 2 aliphatic heterocycles. The van der Waals surface area contributed by atoms with E-state index in [1.807, 2.05) is 29.2 Å². The first-order valence-electron chi connectivity index (χ1n) is 9.24. The van der Waals surface area contributed by atoms with Gasteiger partial charge in [0.25, 0.3) is 0 Å². The van der Waals surface area contributed by atoms with Crippen molar-refractivity contribution in [1.82, 2.24) is 25.1 Å². The quantitative estimate of drug-likeness (QED) is 0.711. The third-order valence-corrected chi connectivity index (χ3v) is 6.34. The average molecular weight is 397 g/mol. The first-order valence-corrected chi connectivity index (χ1v) is 10.1. The Balaban J connectivity index is 1.25. The van der Waals surface area contributed by atoms with E-state index < -0.39 is 0 Å². The third-order valence-electron chi connectivity index (χ3n) is 5.28. The van der Waals surface area contributed by atoms with Crippen LogP contribution < -0.4 is 9.80 Å². The lowest BCUT2D eigenvalue weighted by Gasteiger charge is -2.35. The minimum absolute atomic E-state index is 0.0299. The highest BCUT2D eigenvalue weighted by molar-refractivity contribution is 7.22. The fourth-order valence-corrected chi connectivity index (χ4v) is 4.77. The monoisotopic (exact) mass is 397 g/mol. The summed E-state index contributed by atoms with van der Waals surface area (Å²) in [6.07, 6.45) is 1.73. The number of thiazole rings is 1. The molecule has 10 heteroatoms. The lowest BCUT2D eigenvalue weighted by atomic mass is 10.1. The molecule has 0 bridgehead atoms. The van der Waals surface area contributed by atoms with E-state index in [9.17, 15) is 9.59 Å². The van der Waals surface area contributed by atoms with Crippen molar-refractivity contribution in [3.05, 3.63) is 30.6 Å². The van der Waals surface area contributed by atoms with Gasteiger partial charge in [-0.2, -0.15) is 10.1 Å². The van der Waals surface area contributed by atoms with E-state index in [2.05, 4.69) is 25.1 Å². The predicted octanol–water partition coefficient (Wildman–Crippen LogP) is 1.12. The maximum atomic E-state index is 13.0. The number of fused-ring (bicyclic) bond motifs is 1. The second kappa shape index (κ2) is 6.86. The van der Waals surface area contributed by atoms with E-state index in [1.165, 1.54) is 17.7 Å². The Kier molecular flexibility index (Phi) is 4.19. The lowest BCUT2D eigenvalue weighted by Crippen LogP contribution is -2.51. The molecule has 2 amide bonds. The van der Waals surface area contributed by atoms with Crippen molar-refractivity contribution in [3.63, 3.8) is 0 Å². The zero-order chi connectivity index (χ0) is 19.1. The molecule has 1 aromatic carbocycles. The Labute approximate surface area is 165 Å². The van der Waals surface area contributed by atoms with Crippen molar-refractivity contribution < 1.29 is 9.59 Å². The number of nitrogens with one attached hydrogen (secondary N) is 1. The number of para-hydroxylation sites is 1. The molecule has 144 valence electrons. The maximum Gasteiger partial charge on any atom is 0.229 e. The molecule has 0 aliphatic carbocycles. The van der Waals surface area contributed by atoms with Crippen LogP contribution >= 0.6 is 11.3 Å². The van der Waals surface area contributed by atoms with Gasteiger partial charge < -0.3 is 9.80 Å². The number of hydrogen-bond donors (Lipinski definition) is 1. The van der Waals surface area contributed by atoms with Crippen LogP contribution in [-0.4, -0.2) is 69.6 Å². The van der Waals surface area contributed by atoms with Crippen LogP contribution in [0, 0.1) is 5.92 Å². The highest BCUT2D eigenvalue weighted by Gasteiger charge is 2.39. The number of H-pyrrole nitrogens is 1. The number of carbonyl (C=O) groups excluding carboxylic acids is 2. The van der Waals surface area contributed by atoms with Gasteiger partial charge in [0.1, 0.15) is 6.33 Å². The zero-order valence-electron chi connectivity index (χ0n) is 15.1. The Hall–Kier alpha value is -3.01. The number of benzene rings is 1. The molecule has 1 atom stereocenters. The van der Waals surface area contributed by atoms with Gasteiger partial charge in [0.05, 0.1) is 16.1 Å². The highest BCUT2D eigenvalue weighted by Crippen LogP contribution is 2.33. The molecule has 28 heavy (non-hydrogen) atoms. The van der Waals surface area contributed by atoms with Gasteiger partial charge in [-0.15, -0.1) is 0 Å². The van der Waals surface area contributed by atoms with Crippen LogP contribution in [0.3, 0.4) is 0 Å². The number of anilines is 2. The molecule has 1 N–H and O–H groups in total. The van der Waals surface area contributed by atoms with Crippen molar-refractivity contribution in [1.29, 1.82) is 0 Å². The van der Waals surface area contributed by atoms with Crippen LogP contribution in [0.5, 0.6) is 0 Å². The fourth-order valence-electron chi connectivity index (χ4n) is 3.78. The van der Waals surface area contributed by atoms with Crippen LogP contribution in [0.2, 0.25) is 0 Å².